The zero-order chi connectivity index (χ0) is 18.9. The SMILES string of the molecule is O=C(CN1CCSC1=O)N1CCN(S(=O)(=O)c2cc(F)ccc2F)CC1. The number of piperazine rings is 1. The highest BCUT2D eigenvalue weighted by molar-refractivity contribution is 8.13. The maximum Gasteiger partial charge on any atom is 0.282 e. The molecule has 0 aromatic heterocycles. The second kappa shape index (κ2) is 7.49. The minimum Gasteiger partial charge on any atom is -0.339 e. The van der Waals surface area contributed by atoms with E-state index in [1.807, 2.05) is 0 Å². The predicted molar refractivity (Wildman–Crippen MR) is 91.1 cm³/mol. The fourth-order valence-electron chi connectivity index (χ4n) is 2.82. The Balaban J connectivity index is 1.63. The van der Waals surface area contributed by atoms with Gasteiger partial charge in [-0.3, -0.25) is 9.59 Å². The Morgan fingerprint density at radius 2 is 1.81 bits per heavy atom. The van der Waals surface area contributed by atoms with Crippen LogP contribution in [0.2, 0.25) is 0 Å². The highest BCUT2D eigenvalue weighted by Crippen LogP contribution is 2.22. The summed E-state index contributed by atoms with van der Waals surface area (Å²) in [6.45, 7) is 0.702. The van der Waals surface area contributed by atoms with E-state index in [4.69, 9.17) is 0 Å². The molecule has 7 nitrogen and oxygen atoms in total. The van der Waals surface area contributed by atoms with Crippen LogP contribution < -0.4 is 0 Å². The number of thioether (sulfide) groups is 1. The van der Waals surface area contributed by atoms with Crippen molar-refractivity contribution in [2.24, 2.45) is 0 Å². The molecule has 1 aromatic rings. The molecule has 0 atom stereocenters. The Kier molecular flexibility index (Phi) is 5.49. The minimum absolute atomic E-state index is 0.0211. The van der Waals surface area contributed by atoms with Gasteiger partial charge in [-0.05, 0) is 18.2 Å². The Labute approximate surface area is 154 Å². The number of hydrogen-bond acceptors (Lipinski definition) is 5. The van der Waals surface area contributed by atoms with E-state index < -0.39 is 26.6 Å². The highest BCUT2D eigenvalue weighted by Gasteiger charge is 2.33. The number of carbonyl (C=O) groups is 2. The van der Waals surface area contributed by atoms with E-state index in [9.17, 15) is 26.8 Å². The summed E-state index contributed by atoms with van der Waals surface area (Å²) < 4.78 is 53.2. The molecule has 0 bridgehead atoms. The molecule has 0 saturated carbocycles. The van der Waals surface area contributed by atoms with Gasteiger partial charge in [-0.2, -0.15) is 4.31 Å². The van der Waals surface area contributed by atoms with Crippen molar-refractivity contribution in [2.45, 2.75) is 4.90 Å². The first-order valence-corrected chi connectivity index (χ1v) is 10.4. The van der Waals surface area contributed by atoms with Gasteiger partial charge in [0.1, 0.15) is 23.1 Å². The number of benzene rings is 1. The third-order valence-electron chi connectivity index (χ3n) is 4.27. The third kappa shape index (κ3) is 3.84. The van der Waals surface area contributed by atoms with Crippen molar-refractivity contribution in [3.63, 3.8) is 0 Å². The zero-order valence-corrected chi connectivity index (χ0v) is 15.4. The third-order valence-corrected chi connectivity index (χ3v) is 7.08. The number of rotatable bonds is 4. The molecular weight excluding hydrogens is 388 g/mol. The van der Waals surface area contributed by atoms with Crippen LogP contribution in [0.3, 0.4) is 0 Å². The van der Waals surface area contributed by atoms with Crippen molar-refractivity contribution in [3.8, 4) is 0 Å². The van der Waals surface area contributed by atoms with E-state index in [0.717, 1.165) is 28.2 Å². The maximum atomic E-state index is 13.8. The summed E-state index contributed by atoms with van der Waals surface area (Å²) in [6, 6.07) is 2.27. The van der Waals surface area contributed by atoms with E-state index in [1.54, 1.807) is 0 Å². The summed E-state index contributed by atoms with van der Waals surface area (Å²) in [7, 11) is -4.18. The average molecular weight is 405 g/mol. The largest absolute Gasteiger partial charge is 0.339 e. The van der Waals surface area contributed by atoms with Crippen molar-refractivity contribution in [2.75, 3.05) is 45.0 Å². The van der Waals surface area contributed by atoms with Crippen LogP contribution in [0, 0.1) is 11.6 Å². The number of carbonyl (C=O) groups excluding carboxylic acids is 2. The topological polar surface area (TPSA) is 78.0 Å². The van der Waals surface area contributed by atoms with Gasteiger partial charge in [0, 0.05) is 38.5 Å². The van der Waals surface area contributed by atoms with Crippen molar-refractivity contribution in [1.82, 2.24) is 14.1 Å². The van der Waals surface area contributed by atoms with Gasteiger partial charge in [0.05, 0.1) is 0 Å². The Morgan fingerprint density at radius 3 is 2.42 bits per heavy atom. The van der Waals surface area contributed by atoms with Crippen LogP contribution in [-0.4, -0.2) is 78.7 Å². The lowest BCUT2D eigenvalue weighted by Crippen LogP contribution is -2.52. The maximum absolute atomic E-state index is 13.8. The second-order valence-electron chi connectivity index (χ2n) is 5.90. The van der Waals surface area contributed by atoms with Crippen LogP contribution in [0.4, 0.5) is 13.6 Å². The van der Waals surface area contributed by atoms with E-state index in [2.05, 4.69) is 0 Å². The molecule has 2 fully saturated rings. The summed E-state index contributed by atoms with van der Waals surface area (Å²) in [5, 5.41) is -0.138. The van der Waals surface area contributed by atoms with E-state index in [-0.39, 0.29) is 43.9 Å². The fourth-order valence-corrected chi connectivity index (χ4v) is 5.15. The second-order valence-corrected chi connectivity index (χ2v) is 8.85. The summed E-state index contributed by atoms with van der Waals surface area (Å²) in [4.78, 5) is 26.0. The molecule has 0 N–H and O–H groups in total. The first-order valence-electron chi connectivity index (χ1n) is 7.94. The Hall–Kier alpha value is -1.72. The van der Waals surface area contributed by atoms with Gasteiger partial charge in [0.15, 0.2) is 0 Å². The van der Waals surface area contributed by atoms with Crippen LogP contribution in [0.5, 0.6) is 0 Å². The molecule has 2 amide bonds. The van der Waals surface area contributed by atoms with Crippen molar-refractivity contribution in [3.05, 3.63) is 29.8 Å². The van der Waals surface area contributed by atoms with Gasteiger partial charge in [0.25, 0.3) is 5.24 Å². The van der Waals surface area contributed by atoms with Crippen molar-refractivity contribution < 1.29 is 26.8 Å². The number of halogens is 2. The Bertz CT molecular complexity index is 826. The number of amides is 2. The molecule has 2 aliphatic rings. The van der Waals surface area contributed by atoms with Gasteiger partial charge >= 0.3 is 0 Å². The quantitative estimate of drug-likeness (QED) is 0.746. The van der Waals surface area contributed by atoms with Crippen LogP contribution in [-0.2, 0) is 14.8 Å². The molecule has 1 aromatic carbocycles. The molecule has 0 unspecified atom stereocenters. The first-order chi connectivity index (χ1) is 12.3. The predicted octanol–water partition coefficient (Wildman–Crippen LogP) is 0.966. The lowest BCUT2D eigenvalue weighted by molar-refractivity contribution is -0.132. The first kappa shape index (κ1) is 19.1. The summed E-state index contributed by atoms with van der Waals surface area (Å²) in [6.07, 6.45) is 0. The molecule has 3 rings (SSSR count). The highest BCUT2D eigenvalue weighted by atomic mass is 32.2. The molecular formula is C15H17F2N3O4S2. The van der Waals surface area contributed by atoms with Gasteiger partial charge in [-0.1, -0.05) is 11.8 Å². The fraction of sp³-hybridized carbons (Fsp3) is 0.467. The Morgan fingerprint density at radius 1 is 1.12 bits per heavy atom. The molecule has 11 heteroatoms. The van der Waals surface area contributed by atoms with Gasteiger partial charge in [0.2, 0.25) is 15.9 Å². The van der Waals surface area contributed by atoms with E-state index >= 15 is 0 Å². The average Bonchev–Trinajstić information content (AvgIpc) is 3.02. The smallest absolute Gasteiger partial charge is 0.282 e. The van der Waals surface area contributed by atoms with Gasteiger partial charge in [-0.25, -0.2) is 17.2 Å². The summed E-state index contributed by atoms with van der Waals surface area (Å²) in [5.74, 6) is -1.46. The van der Waals surface area contributed by atoms with Gasteiger partial charge < -0.3 is 9.80 Å². The molecule has 2 saturated heterocycles. The normalized spacial score (nSPS) is 19.2. The number of hydrogen-bond donors (Lipinski definition) is 0. The van der Waals surface area contributed by atoms with Crippen LogP contribution in [0.1, 0.15) is 0 Å². The van der Waals surface area contributed by atoms with Crippen LogP contribution >= 0.6 is 11.8 Å². The summed E-state index contributed by atoms with van der Waals surface area (Å²) >= 11 is 1.16. The number of nitrogens with zero attached hydrogens (tertiary/aromatic N) is 3. The lowest BCUT2D eigenvalue weighted by atomic mass is 10.3. The molecule has 2 aliphatic heterocycles. The van der Waals surface area contributed by atoms with E-state index in [1.165, 1.54) is 9.80 Å². The minimum atomic E-state index is -4.18. The zero-order valence-electron chi connectivity index (χ0n) is 13.7. The molecule has 0 aliphatic carbocycles. The van der Waals surface area contributed by atoms with Crippen LogP contribution in [0.25, 0.3) is 0 Å². The lowest BCUT2D eigenvalue weighted by Gasteiger charge is -2.34. The number of sulfonamides is 1. The molecule has 2 heterocycles. The van der Waals surface area contributed by atoms with Crippen LogP contribution in [0.15, 0.2) is 23.1 Å². The molecule has 142 valence electrons. The standard InChI is InChI=1S/C15H17F2N3O4S2/c16-11-1-2-12(17)13(9-11)26(23,24)20-5-3-18(4-6-20)14(21)10-19-7-8-25-15(19)22/h1-2,9H,3-8,10H2. The molecule has 0 radical (unpaired) electrons. The van der Waals surface area contributed by atoms with E-state index in [0.29, 0.717) is 18.4 Å². The molecule has 26 heavy (non-hydrogen) atoms. The molecule has 0 spiro atoms. The van der Waals surface area contributed by atoms with Gasteiger partial charge in [-0.15, -0.1) is 0 Å². The van der Waals surface area contributed by atoms with Crippen molar-refractivity contribution >= 4 is 32.9 Å². The van der Waals surface area contributed by atoms with Crippen molar-refractivity contribution in [1.29, 1.82) is 0 Å². The summed E-state index contributed by atoms with van der Waals surface area (Å²) in [5.41, 5.74) is 0. The monoisotopic (exact) mass is 405 g/mol.